The highest BCUT2D eigenvalue weighted by Gasteiger charge is 2.23. The van der Waals surface area contributed by atoms with E-state index in [0.717, 1.165) is 11.9 Å². The van der Waals surface area contributed by atoms with Crippen LogP contribution in [0, 0.1) is 17.0 Å². The third kappa shape index (κ3) is 4.31. The van der Waals surface area contributed by atoms with Gasteiger partial charge >= 0.3 is 5.69 Å². The average Bonchev–Trinajstić information content (AvgIpc) is 2.67. The first-order valence-corrected chi connectivity index (χ1v) is 7.84. The summed E-state index contributed by atoms with van der Waals surface area (Å²) in [4.78, 5) is 34.7. The Labute approximate surface area is 153 Å². The SMILES string of the molecule is Cc1ccc(C(=O)NNc2ncnc(Nc3cccnc3)c2[N+](=O)[O-])cc1. The van der Waals surface area contributed by atoms with Crippen LogP contribution in [-0.2, 0) is 0 Å². The van der Waals surface area contributed by atoms with Crippen molar-refractivity contribution < 1.29 is 9.72 Å². The Morgan fingerprint density at radius 1 is 1.11 bits per heavy atom. The zero-order valence-corrected chi connectivity index (χ0v) is 14.2. The van der Waals surface area contributed by atoms with E-state index in [1.54, 1.807) is 42.6 Å². The van der Waals surface area contributed by atoms with Gasteiger partial charge in [-0.3, -0.25) is 30.7 Å². The summed E-state index contributed by atoms with van der Waals surface area (Å²) in [6, 6.07) is 10.2. The summed E-state index contributed by atoms with van der Waals surface area (Å²) >= 11 is 0. The second-order valence-corrected chi connectivity index (χ2v) is 5.49. The number of aryl methyl sites for hydroxylation is 1. The molecule has 0 unspecified atom stereocenters. The van der Waals surface area contributed by atoms with Crippen molar-refractivity contribution in [2.75, 3.05) is 10.7 Å². The van der Waals surface area contributed by atoms with Gasteiger partial charge in [-0.1, -0.05) is 17.7 Å². The van der Waals surface area contributed by atoms with Crippen molar-refractivity contribution in [3.63, 3.8) is 0 Å². The molecule has 3 aromatic rings. The van der Waals surface area contributed by atoms with Gasteiger partial charge in [-0.2, -0.15) is 0 Å². The van der Waals surface area contributed by atoms with E-state index in [1.807, 2.05) is 6.92 Å². The number of nitro groups is 1. The molecule has 0 fully saturated rings. The molecule has 0 spiro atoms. The molecular formula is C17H15N7O3. The third-order valence-corrected chi connectivity index (χ3v) is 3.54. The van der Waals surface area contributed by atoms with Crippen molar-refractivity contribution in [1.29, 1.82) is 0 Å². The number of nitrogens with zero attached hydrogens (tertiary/aromatic N) is 4. The number of rotatable bonds is 6. The zero-order valence-electron chi connectivity index (χ0n) is 14.2. The minimum Gasteiger partial charge on any atom is -0.333 e. The maximum Gasteiger partial charge on any atom is 0.355 e. The Bertz CT molecular complexity index is 962. The van der Waals surface area contributed by atoms with Crippen LogP contribution < -0.4 is 16.2 Å². The number of amides is 1. The number of carbonyl (C=O) groups is 1. The summed E-state index contributed by atoms with van der Waals surface area (Å²) in [5, 5.41) is 14.3. The van der Waals surface area contributed by atoms with Gasteiger partial charge in [0.05, 0.1) is 16.8 Å². The fourth-order valence-corrected chi connectivity index (χ4v) is 2.20. The van der Waals surface area contributed by atoms with Gasteiger partial charge < -0.3 is 5.32 Å². The smallest absolute Gasteiger partial charge is 0.333 e. The fraction of sp³-hybridized carbons (Fsp3) is 0.0588. The fourth-order valence-electron chi connectivity index (χ4n) is 2.20. The second kappa shape index (κ2) is 7.87. The zero-order chi connectivity index (χ0) is 19.2. The van der Waals surface area contributed by atoms with E-state index >= 15 is 0 Å². The number of aromatic nitrogens is 3. The molecule has 3 rings (SSSR count). The third-order valence-electron chi connectivity index (χ3n) is 3.54. The van der Waals surface area contributed by atoms with Gasteiger partial charge in [-0.15, -0.1) is 0 Å². The van der Waals surface area contributed by atoms with Crippen molar-refractivity contribution >= 4 is 28.9 Å². The van der Waals surface area contributed by atoms with Crippen LogP contribution in [0.2, 0.25) is 0 Å². The summed E-state index contributed by atoms with van der Waals surface area (Å²) in [7, 11) is 0. The number of hydrogen-bond acceptors (Lipinski definition) is 8. The van der Waals surface area contributed by atoms with Crippen molar-refractivity contribution in [1.82, 2.24) is 20.4 Å². The van der Waals surface area contributed by atoms with E-state index in [4.69, 9.17) is 0 Å². The molecular weight excluding hydrogens is 350 g/mol. The first-order chi connectivity index (χ1) is 13.0. The second-order valence-electron chi connectivity index (χ2n) is 5.49. The van der Waals surface area contributed by atoms with Gasteiger partial charge in [0.15, 0.2) is 0 Å². The molecule has 0 aliphatic heterocycles. The molecule has 2 aromatic heterocycles. The molecule has 0 atom stereocenters. The molecule has 27 heavy (non-hydrogen) atoms. The lowest BCUT2D eigenvalue weighted by molar-refractivity contribution is -0.383. The van der Waals surface area contributed by atoms with Gasteiger partial charge in [0.1, 0.15) is 6.33 Å². The Kier molecular flexibility index (Phi) is 5.17. The molecule has 10 heteroatoms. The summed E-state index contributed by atoms with van der Waals surface area (Å²) in [6.45, 7) is 1.90. The Morgan fingerprint density at radius 2 is 1.85 bits per heavy atom. The summed E-state index contributed by atoms with van der Waals surface area (Å²) in [5.41, 5.74) is 6.41. The molecule has 10 nitrogen and oxygen atoms in total. The molecule has 0 aliphatic rings. The lowest BCUT2D eigenvalue weighted by atomic mass is 10.1. The average molecular weight is 365 g/mol. The normalized spacial score (nSPS) is 10.1. The monoisotopic (exact) mass is 365 g/mol. The highest BCUT2D eigenvalue weighted by atomic mass is 16.6. The van der Waals surface area contributed by atoms with Crippen LogP contribution in [0.3, 0.4) is 0 Å². The molecule has 3 N–H and O–H groups in total. The number of hydrogen-bond donors (Lipinski definition) is 3. The van der Waals surface area contributed by atoms with Crippen LogP contribution in [0.1, 0.15) is 15.9 Å². The Morgan fingerprint density at radius 3 is 2.52 bits per heavy atom. The molecule has 1 aromatic carbocycles. The molecule has 0 aliphatic carbocycles. The van der Waals surface area contributed by atoms with E-state index in [1.165, 1.54) is 6.20 Å². The minimum absolute atomic E-state index is 0.0323. The van der Waals surface area contributed by atoms with Crippen LogP contribution in [0.15, 0.2) is 55.1 Å². The van der Waals surface area contributed by atoms with Crippen LogP contribution in [-0.4, -0.2) is 25.8 Å². The number of anilines is 3. The summed E-state index contributed by atoms with van der Waals surface area (Å²) < 4.78 is 0. The Hall–Kier alpha value is -4.08. The topological polar surface area (TPSA) is 135 Å². The van der Waals surface area contributed by atoms with E-state index in [0.29, 0.717) is 11.3 Å². The maximum absolute atomic E-state index is 12.2. The summed E-state index contributed by atoms with van der Waals surface area (Å²) in [6.07, 6.45) is 4.22. The number of carbonyl (C=O) groups excluding carboxylic acids is 1. The first kappa shape index (κ1) is 17.7. The number of benzene rings is 1. The van der Waals surface area contributed by atoms with Gasteiger partial charge in [-0.05, 0) is 31.2 Å². The number of nitrogens with one attached hydrogen (secondary N) is 3. The first-order valence-electron chi connectivity index (χ1n) is 7.84. The van der Waals surface area contributed by atoms with Gasteiger partial charge in [0.2, 0.25) is 11.6 Å². The largest absolute Gasteiger partial charge is 0.355 e. The van der Waals surface area contributed by atoms with Crippen molar-refractivity contribution in [3.05, 3.63) is 76.4 Å². The number of hydrazine groups is 1. The maximum atomic E-state index is 12.2. The minimum atomic E-state index is -0.640. The predicted octanol–water partition coefficient (Wildman–Crippen LogP) is 2.59. The van der Waals surface area contributed by atoms with E-state index < -0.39 is 16.5 Å². The molecule has 0 radical (unpaired) electrons. The molecule has 136 valence electrons. The van der Waals surface area contributed by atoms with E-state index in [9.17, 15) is 14.9 Å². The van der Waals surface area contributed by atoms with Crippen molar-refractivity contribution in [2.24, 2.45) is 0 Å². The van der Waals surface area contributed by atoms with E-state index in [-0.39, 0.29) is 11.6 Å². The summed E-state index contributed by atoms with van der Waals surface area (Å²) in [5.74, 6) is -0.637. The molecule has 0 saturated carbocycles. The molecule has 1 amide bonds. The van der Waals surface area contributed by atoms with Crippen LogP contribution in [0.5, 0.6) is 0 Å². The molecule has 2 heterocycles. The van der Waals surface area contributed by atoms with Crippen LogP contribution in [0.4, 0.5) is 23.0 Å². The standard InChI is InChI=1S/C17H15N7O3/c1-11-4-6-12(7-5-11)17(25)23-22-16-14(24(26)27)15(19-10-20-16)21-13-3-2-8-18-9-13/h2-10H,1H3,(H,23,25)(H2,19,20,21,22). The Balaban J connectivity index is 1.80. The van der Waals surface area contributed by atoms with Crippen LogP contribution in [0.25, 0.3) is 0 Å². The number of pyridine rings is 1. The lowest BCUT2D eigenvalue weighted by Gasteiger charge is -2.11. The van der Waals surface area contributed by atoms with E-state index in [2.05, 4.69) is 31.1 Å². The van der Waals surface area contributed by atoms with Gasteiger partial charge in [-0.25, -0.2) is 9.97 Å². The van der Waals surface area contributed by atoms with Crippen molar-refractivity contribution in [3.8, 4) is 0 Å². The highest BCUT2D eigenvalue weighted by Crippen LogP contribution is 2.30. The lowest BCUT2D eigenvalue weighted by Crippen LogP contribution is -2.30. The quantitative estimate of drug-likeness (QED) is 0.448. The highest BCUT2D eigenvalue weighted by molar-refractivity contribution is 5.95. The van der Waals surface area contributed by atoms with Gasteiger partial charge in [0.25, 0.3) is 5.91 Å². The molecule has 0 saturated heterocycles. The van der Waals surface area contributed by atoms with Gasteiger partial charge in [0, 0.05) is 11.8 Å². The van der Waals surface area contributed by atoms with Crippen molar-refractivity contribution in [2.45, 2.75) is 6.92 Å². The van der Waals surface area contributed by atoms with Crippen LogP contribution >= 0.6 is 0 Å². The predicted molar refractivity (Wildman–Crippen MR) is 98.5 cm³/mol. The molecule has 0 bridgehead atoms.